The van der Waals surface area contributed by atoms with Crippen LogP contribution in [0.5, 0.6) is 0 Å². The van der Waals surface area contributed by atoms with E-state index in [2.05, 4.69) is 10.3 Å². The minimum atomic E-state index is -0.939. The van der Waals surface area contributed by atoms with E-state index >= 15 is 0 Å². The molecule has 1 unspecified atom stereocenters. The van der Waals surface area contributed by atoms with Crippen LogP contribution in [-0.2, 0) is 4.79 Å². The van der Waals surface area contributed by atoms with Gasteiger partial charge in [0.05, 0.1) is 6.04 Å². The molecule has 0 radical (unpaired) electrons. The molecule has 1 saturated heterocycles. The van der Waals surface area contributed by atoms with Crippen LogP contribution in [0.2, 0.25) is 0 Å². The van der Waals surface area contributed by atoms with E-state index in [4.69, 9.17) is 5.11 Å². The van der Waals surface area contributed by atoms with E-state index in [1.165, 1.54) is 16.2 Å². The third kappa shape index (κ3) is 3.04. The van der Waals surface area contributed by atoms with Crippen LogP contribution >= 0.6 is 11.3 Å². The molecule has 2 heterocycles. The second-order valence-electron chi connectivity index (χ2n) is 4.67. The summed E-state index contributed by atoms with van der Waals surface area (Å²) >= 11 is 1.53. The van der Waals surface area contributed by atoms with Gasteiger partial charge in [0, 0.05) is 17.6 Å². The van der Waals surface area contributed by atoms with Crippen molar-refractivity contribution in [2.75, 3.05) is 6.54 Å². The van der Waals surface area contributed by atoms with E-state index < -0.39 is 12.0 Å². The van der Waals surface area contributed by atoms with Gasteiger partial charge >= 0.3 is 12.0 Å². The molecule has 6 nitrogen and oxygen atoms in total. The van der Waals surface area contributed by atoms with Gasteiger partial charge in [-0.25, -0.2) is 14.6 Å². The van der Waals surface area contributed by atoms with Crippen LogP contribution in [0.25, 0.3) is 0 Å². The summed E-state index contributed by atoms with van der Waals surface area (Å²) < 4.78 is 0. The Hall–Kier alpha value is -1.63. The number of carboxylic acid groups (broad SMARTS) is 1. The van der Waals surface area contributed by atoms with E-state index in [0.29, 0.717) is 13.0 Å². The number of hydrogen-bond acceptors (Lipinski definition) is 4. The van der Waals surface area contributed by atoms with Gasteiger partial charge in [0.1, 0.15) is 11.0 Å². The average molecular weight is 283 g/mol. The number of amides is 2. The van der Waals surface area contributed by atoms with Gasteiger partial charge in [-0.3, -0.25) is 0 Å². The maximum Gasteiger partial charge on any atom is 0.326 e. The fraction of sp³-hybridized carbons (Fsp3) is 0.583. The molecule has 1 fully saturated rings. The lowest BCUT2D eigenvalue weighted by Gasteiger charge is -2.23. The highest BCUT2D eigenvalue weighted by molar-refractivity contribution is 7.11. The Morgan fingerprint density at radius 3 is 2.95 bits per heavy atom. The number of hydrogen-bond donors (Lipinski definition) is 2. The zero-order valence-electron chi connectivity index (χ0n) is 10.9. The van der Waals surface area contributed by atoms with Crippen LogP contribution in [-0.4, -0.2) is 39.6 Å². The van der Waals surface area contributed by atoms with Gasteiger partial charge in [-0.05, 0) is 26.7 Å². The van der Waals surface area contributed by atoms with Gasteiger partial charge in [0.25, 0.3) is 0 Å². The molecule has 2 rings (SSSR count). The van der Waals surface area contributed by atoms with Crippen LogP contribution in [0, 0.1) is 6.92 Å². The summed E-state index contributed by atoms with van der Waals surface area (Å²) in [6.07, 6.45) is 3.02. The number of carbonyl (C=O) groups excluding carboxylic acids is 1. The normalized spacial score (nSPS) is 20.3. The first-order chi connectivity index (χ1) is 8.99. The molecule has 1 aromatic rings. The molecule has 1 aliphatic heterocycles. The Labute approximate surface area is 115 Å². The van der Waals surface area contributed by atoms with Gasteiger partial charge in [0.15, 0.2) is 0 Å². The Balaban J connectivity index is 1.99. The van der Waals surface area contributed by atoms with Gasteiger partial charge in [-0.15, -0.1) is 11.3 Å². The van der Waals surface area contributed by atoms with Crippen LogP contribution in [0.3, 0.4) is 0 Å². The quantitative estimate of drug-likeness (QED) is 0.885. The molecule has 104 valence electrons. The van der Waals surface area contributed by atoms with Gasteiger partial charge in [0.2, 0.25) is 0 Å². The zero-order valence-corrected chi connectivity index (χ0v) is 11.7. The maximum atomic E-state index is 12.1. The number of urea groups is 1. The van der Waals surface area contributed by atoms with Crippen molar-refractivity contribution in [2.24, 2.45) is 0 Å². The number of aryl methyl sites for hydroxylation is 1. The lowest BCUT2D eigenvalue weighted by molar-refractivity contribution is -0.141. The molecule has 0 bridgehead atoms. The first kappa shape index (κ1) is 13.8. The topological polar surface area (TPSA) is 82.5 Å². The summed E-state index contributed by atoms with van der Waals surface area (Å²) in [6, 6.07) is -1.24. The number of nitrogens with one attached hydrogen (secondary N) is 1. The van der Waals surface area contributed by atoms with Crippen LogP contribution in [0.4, 0.5) is 4.79 Å². The number of likely N-dealkylation sites (tertiary alicyclic amines) is 1. The Morgan fingerprint density at radius 2 is 2.37 bits per heavy atom. The Bertz CT molecular complexity index is 488. The molecular formula is C12H17N3O3S. The van der Waals surface area contributed by atoms with Crippen molar-refractivity contribution in [3.63, 3.8) is 0 Å². The SMILES string of the molecule is Cc1cnc(C(C)NC(=O)N2CCC[C@@H]2C(=O)O)s1. The highest BCUT2D eigenvalue weighted by atomic mass is 32.1. The van der Waals surface area contributed by atoms with Gasteiger partial charge < -0.3 is 15.3 Å². The number of rotatable bonds is 3. The molecule has 0 aromatic carbocycles. The highest BCUT2D eigenvalue weighted by Gasteiger charge is 2.34. The molecule has 0 saturated carbocycles. The smallest absolute Gasteiger partial charge is 0.326 e. The standard InChI is InChI=1S/C12H17N3O3S/c1-7-6-13-10(19-7)8(2)14-12(18)15-5-3-4-9(15)11(16)17/h6,8-9H,3-5H2,1-2H3,(H,14,18)(H,16,17)/t8?,9-/m1/s1. The summed E-state index contributed by atoms with van der Waals surface area (Å²) in [6.45, 7) is 4.30. The third-order valence-electron chi connectivity index (χ3n) is 3.15. The molecule has 2 atom stereocenters. The van der Waals surface area contributed by atoms with Crippen molar-refractivity contribution < 1.29 is 14.7 Å². The van der Waals surface area contributed by atoms with Crippen molar-refractivity contribution in [2.45, 2.75) is 38.8 Å². The highest BCUT2D eigenvalue weighted by Crippen LogP contribution is 2.21. The minimum Gasteiger partial charge on any atom is -0.480 e. The fourth-order valence-electron chi connectivity index (χ4n) is 2.17. The lowest BCUT2D eigenvalue weighted by atomic mass is 10.2. The summed E-state index contributed by atoms with van der Waals surface area (Å²) in [7, 11) is 0. The van der Waals surface area contributed by atoms with Crippen molar-refractivity contribution in [1.82, 2.24) is 15.2 Å². The second kappa shape index (κ2) is 5.56. The molecule has 0 spiro atoms. The summed E-state index contributed by atoms with van der Waals surface area (Å²) in [5.74, 6) is -0.939. The molecule has 2 amide bonds. The molecule has 7 heteroatoms. The number of aromatic nitrogens is 1. The van der Waals surface area contributed by atoms with Crippen LogP contribution in [0.15, 0.2) is 6.20 Å². The molecular weight excluding hydrogens is 266 g/mol. The molecule has 1 aliphatic rings. The lowest BCUT2D eigenvalue weighted by Crippen LogP contribution is -2.46. The van der Waals surface area contributed by atoms with E-state index in [-0.39, 0.29) is 12.1 Å². The van der Waals surface area contributed by atoms with E-state index in [0.717, 1.165) is 16.3 Å². The van der Waals surface area contributed by atoms with Crippen molar-refractivity contribution in [1.29, 1.82) is 0 Å². The second-order valence-corrected chi connectivity index (χ2v) is 5.94. The van der Waals surface area contributed by atoms with Gasteiger partial charge in [-0.1, -0.05) is 0 Å². The monoisotopic (exact) mass is 283 g/mol. The average Bonchev–Trinajstić information content (AvgIpc) is 2.96. The number of nitrogens with zero attached hydrogens (tertiary/aromatic N) is 2. The molecule has 0 aliphatic carbocycles. The Morgan fingerprint density at radius 1 is 1.63 bits per heavy atom. The number of thiazole rings is 1. The number of carbonyl (C=O) groups is 2. The van der Waals surface area contributed by atoms with Crippen LogP contribution in [0.1, 0.15) is 35.7 Å². The number of aliphatic carboxylic acids is 1. The molecule has 1 aromatic heterocycles. The van der Waals surface area contributed by atoms with E-state index in [1.807, 2.05) is 13.8 Å². The van der Waals surface area contributed by atoms with E-state index in [1.54, 1.807) is 6.20 Å². The first-order valence-corrected chi connectivity index (χ1v) is 7.03. The predicted octanol–water partition coefficient (Wildman–Crippen LogP) is 1.77. The Kier molecular flexibility index (Phi) is 4.04. The molecule has 2 N–H and O–H groups in total. The van der Waals surface area contributed by atoms with Crippen molar-refractivity contribution in [3.8, 4) is 0 Å². The maximum absolute atomic E-state index is 12.1. The third-order valence-corrected chi connectivity index (χ3v) is 4.24. The summed E-state index contributed by atoms with van der Waals surface area (Å²) in [5.41, 5.74) is 0. The number of carboxylic acids is 1. The largest absolute Gasteiger partial charge is 0.480 e. The zero-order chi connectivity index (χ0) is 14.0. The van der Waals surface area contributed by atoms with E-state index in [9.17, 15) is 9.59 Å². The fourth-order valence-corrected chi connectivity index (χ4v) is 2.95. The summed E-state index contributed by atoms with van der Waals surface area (Å²) in [4.78, 5) is 29.8. The predicted molar refractivity (Wildman–Crippen MR) is 71.2 cm³/mol. The van der Waals surface area contributed by atoms with Crippen LogP contribution < -0.4 is 5.32 Å². The minimum absolute atomic E-state index is 0.207. The first-order valence-electron chi connectivity index (χ1n) is 6.21. The molecule has 19 heavy (non-hydrogen) atoms. The van der Waals surface area contributed by atoms with Gasteiger partial charge in [-0.2, -0.15) is 0 Å². The van der Waals surface area contributed by atoms with Crippen molar-refractivity contribution in [3.05, 3.63) is 16.1 Å². The van der Waals surface area contributed by atoms with Crippen molar-refractivity contribution >= 4 is 23.3 Å². The summed E-state index contributed by atoms with van der Waals surface area (Å²) in [5, 5.41) is 12.7.